The van der Waals surface area contributed by atoms with Gasteiger partial charge < -0.3 is 10.1 Å². The molecule has 3 atom stereocenters. The van der Waals surface area contributed by atoms with Gasteiger partial charge in [0.15, 0.2) is 0 Å². The lowest BCUT2D eigenvalue weighted by molar-refractivity contribution is 0.0531. The molecule has 0 amide bonds. The highest BCUT2D eigenvalue weighted by Gasteiger charge is 2.24. The Balaban J connectivity index is 1.77. The van der Waals surface area contributed by atoms with E-state index in [0.717, 1.165) is 26.2 Å². The second-order valence-electron chi connectivity index (χ2n) is 5.47. The van der Waals surface area contributed by atoms with Crippen molar-refractivity contribution in [1.29, 1.82) is 5.26 Å². The molecule has 1 heterocycles. The molecule has 0 aromatic heterocycles. The molecule has 0 aromatic carbocycles. The first-order valence-corrected chi connectivity index (χ1v) is 7.11. The topological polar surface area (TPSA) is 45.0 Å². The molecule has 96 valence electrons. The van der Waals surface area contributed by atoms with E-state index in [1.54, 1.807) is 0 Å². The van der Waals surface area contributed by atoms with Gasteiger partial charge in [0.05, 0.1) is 18.6 Å². The molecule has 2 rings (SSSR count). The third-order valence-corrected chi connectivity index (χ3v) is 4.11. The standard InChI is InChI=1S/C14H24N2O/c15-9-13-6-2-1-3-7-14(13)16-10-12-5-4-8-17-11-12/h12-14,16H,1-8,10-11H2. The molecule has 0 spiro atoms. The minimum atomic E-state index is 0.224. The average molecular weight is 236 g/mol. The summed E-state index contributed by atoms with van der Waals surface area (Å²) in [6, 6.07) is 2.91. The van der Waals surface area contributed by atoms with Crippen LogP contribution in [0.3, 0.4) is 0 Å². The van der Waals surface area contributed by atoms with Crippen molar-refractivity contribution in [2.75, 3.05) is 19.8 Å². The van der Waals surface area contributed by atoms with Crippen molar-refractivity contribution in [2.45, 2.75) is 51.0 Å². The van der Waals surface area contributed by atoms with E-state index in [9.17, 15) is 5.26 Å². The normalized spacial score (nSPS) is 34.9. The summed E-state index contributed by atoms with van der Waals surface area (Å²) in [5, 5.41) is 12.8. The van der Waals surface area contributed by atoms with Crippen molar-refractivity contribution in [3.63, 3.8) is 0 Å². The lowest BCUT2D eigenvalue weighted by atomic mass is 9.95. The van der Waals surface area contributed by atoms with E-state index in [0.29, 0.717) is 12.0 Å². The molecule has 1 aliphatic carbocycles. The summed E-state index contributed by atoms with van der Waals surface area (Å²) >= 11 is 0. The molecule has 3 nitrogen and oxygen atoms in total. The zero-order valence-corrected chi connectivity index (χ0v) is 10.7. The van der Waals surface area contributed by atoms with Crippen LogP contribution >= 0.6 is 0 Å². The summed E-state index contributed by atoms with van der Waals surface area (Å²) in [6.45, 7) is 2.86. The molecule has 2 fully saturated rings. The smallest absolute Gasteiger partial charge is 0.0672 e. The Hall–Kier alpha value is -0.590. The van der Waals surface area contributed by atoms with E-state index >= 15 is 0 Å². The minimum Gasteiger partial charge on any atom is -0.381 e. The number of nitrogens with one attached hydrogen (secondary N) is 1. The van der Waals surface area contributed by atoms with Gasteiger partial charge in [-0.3, -0.25) is 0 Å². The SMILES string of the molecule is N#CC1CCCCCC1NCC1CCCOC1. The van der Waals surface area contributed by atoms with Gasteiger partial charge in [-0.2, -0.15) is 5.26 Å². The maximum absolute atomic E-state index is 9.21. The van der Waals surface area contributed by atoms with Crippen molar-refractivity contribution in [3.05, 3.63) is 0 Å². The molecule has 1 saturated carbocycles. The van der Waals surface area contributed by atoms with Crippen LogP contribution in [0.25, 0.3) is 0 Å². The Morgan fingerprint density at radius 2 is 2.00 bits per heavy atom. The van der Waals surface area contributed by atoms with Gasteiger partial charge in [0.25, 0.3) is 0 Å². The molecule has 1 saturated heterocycles. The highest BCUT2D eigenvalue weighted by molar-refractivity contribution is 4.93. The molecule has 1 N–H and O–H groups in total. The number of hydrogen-bond donors (Lipinski definition) is 1. The monoisotopic (exact) mass is 236 g/mol. The van der Waals surface area contributed by atoms with Gasteiger partial charge in [-0.15, -0.1) is 0 Å². The minimum absolute atomic E-state index is 0.224. The largest absolute Gasteiger partial charge is 0.381 e. The van der Waals surface area contributed by atoms with Crippen LogP contribution in [0.1, 0.15) is 44.9 Å². The molecular weight excluding hydrogens is 212 g/mol. The number of nitriles is 1. The van der Waals surface area contributed by atoms with Gasteiger partial charge in [-0.1, -0.05) is 19.3 Å². The molecule has 1 aliphatic heterocycles. The fourth-order valence-corrected chi connectivity index (χ4v) is 2.99. The number of nitrogens with zero attached hydrogens (tertiary/aromatic N) is 1. The Morgan fingerprint density at radius 1 is 1.12 bits per heavy atom. The van der Waals surface area contributed by atoms with Gasteiger partial charge in [0.2, 0.25) is 0 Å². The van der Waals surface area contributed by atoms with Crippen molar-refractivity contribution in [2.24, 2.45) is 11.8 Å². The van der Waals surface area contributed by atoms with E-state index in [4.69, 9.17) is 4.74 Å². The van der Waals surface area contributed by atoms with Crippen LogP contribution in [0.5, 0.6) is 0 Å². The van der Waals surface area contributed by atoms with E-state index in [2.05, 4.69) is 11.4 Å². The van der Waals surface area contributed by atoms with Crippen molar-refractivity contribution in [1.82, 2.24) is 5.32 Å². The maximum atomic E-state index is 9.21. The summed E-state index contributed by atoms with van der Waals surface area (Å²) in [5.41, 5.74) is 0. The third-order valence-electron chi connectivity index (χ3n) is 4.11. The number of ether oxygens (including phenoxy) is 1. The van der Waals surface area contributed by atoms with Crippen molar-refractivity contribution in [3.8, 4) is 6.07 Å². The lowest BCUT2D eigenvalue weighted by Crippen LogP contribution is -2.39. The summed E-state index contributed by atoms with van der Waals surface area (Å²) in [7, 11) is 0. The van der Waals surface area contributed by atoms with Crippen LogP contribution in [0.15, 0.2) is 0 Å². The van der Waals surface area contributed by atoms with Gasteiger partial charge in [-0.25, -0.2) is 0 Å². The number of rotatable bonds is 3. The van der Waals surface area contributed by atoms with Gasteiger partial charge >= 0.3 is 0 Å². The van der Waals surface area contributed by atoms with E-state index in [1.807, 2.05) is 0 Å². The summed E-state index contributed by atoms with van der Waals surface area (Å²) in [5.74, 6) is 0.883. The molecular formula is C14H24N2O. The van der Waals surface area contributed by atoms with Crippen LogP contribution in [-0.2, 0) is 4.74 Å². The Labute approximate surface area is 105 Å². The summed E-state index contributed by atoms with van der Waals surface area (Å²) in [6.07, 6.45) is 8.51. The van der Waals surface area contributed by atoms with Gasteiger partial charge in [0.1, 0.15) is 0 Å². The van der Waals surface area contributed by atoms with Crippen LogP contribution < -0.4 is 5.32 Å². The van der Waals surface area contributed by atoms with Crippen molar-refractivity contribution < 1.29 is 4.74 Å². The second-order valence-corrected chi connectivity index (χ2v) is 5.47. The summed E-state index contributed by atoms with van der Waals surface area (Å²) in [4.78, 5) is 0. The van der Waals surface area contributed by atoms with E-state index in [-0.39, 0.29) is 5.92 Å². The Bertz CT molecular complexity index is 255. The van der Waals surface area contributed by atoms with Crippen LogP contribution in [0, 0.1) is 23.2 Å². The second kappa shape index (κ2) is 6.98. The number of hydrogen-bond acceptors (Lipinski definition) is 3. The Kier molecular flexibility index (Phi) is 5.28. The maximum Gasteiger partial charge on any atom is 0.0672 e. The molecule has 17 heavy (non-hydrogen) atoms. The van der Waals surface area contributed by atoms with E-state index in [1.165, 1.54) is 38.5 Å². The van der Waals surface area contributed by atoms with Gasteiger partial charge in [-0.05, 0) is 31.6 Å². The Morgan fingerprint density at radius 3 is 2.76 bits per heavy atom. The molecule has 0 aromatic rings. The predicted molar refractivity (Wildman–Crippen MR) is 67.5 cm³/mol. The fourth-order valence-electron chi connectivity index (χ4n) is 2.99. The third kappa shape index (κ3) is 3.97. The fraction of sp³-hybridized carbons (Fsp3) is 0.929. The lowest BCUT2D eigenvalue weighted by Gasteiger charge is -2.27. The zero-order valence-electron chi connectivity index (χ0n) is 10.7. The predicted octanol–water partition coefficient (Wildman–Crippen LogP) is 2.48. The first kappa shape index (κ1) is 12.9. The molecule has 2 aliphatic rings. The van der Waals surface area contributed by atoms with Crippen LogP contribution in [0.4, 0.5) is 0 Å². The summed E-state index contributed by atoms with van der Waals surface area (Å²) < 4.78 is 5.49. The zero-order chi connectivity index (χ0) is 11.9. The van der Waals surface area contributed by atoms with Gasteiger partial charge in [0, 0.05) is 19.2 Å². The first-order chi connectivity index (χ1) is 8.40. The highest BCUT2D eigenvalue weighted by atomic mass is 16.5. The van der Waals surface area contributed by atoms with Crippen LogP contribution in [0.2, 0.25) is 0 Å². The first-order valence-electron chi connectivity index (χ1n) is 7.11. The van der Waals surface area contributed by atoms with Crippen LogP contribution in [-0.4, -0.2) is 25.8 Å². The molecule has 0 radical (unpaired) electrons. The quantitative estimate of drug-likeness (QED) is 0.766. The van der Waals surface area contributed by atoms with Crippen molar-refractivity contribution >= 4 is 0 Å². The average Bonchev–Trinajstić information content (AvgIpc) is 2.62. The molecule has 0 bridgehead atoms. The van der Waals surface area contributed by atoms with E-state index < -0.39 is 0 Å². The molecule has 3 heteroatoms. The highest BCUT2D eigenvalue weighted by Crippen LogP contribution is 2.23. The molecule has 3 unspecified atom stereocenters.